The van der Waals surface area contributed by atoms with Crippen LogP contribution in [0.15, 0.2) is 18.2 Å². The van der Waals surface area contributed by atoms with Gasteiger partial charge in [-0.3, -0.25) is 0 Å². The van der Waals surface area contributed by atoms with Crippen molar-refractivity contribution in [3.63, 3.8) is 0 Å². The maximum Gasteiger partial charge on any atom is 0.115 e. The topological polar surface area (TPSA) is 52.5 Å². The van der Waals surface area contributed by atoms with Gasteiger partial charge in [-0.15, -0.1) is 0 Å². The minimum Gasteiger partial charge on any atom is -0.508 e. The Hall–Kier alpha value is -1.06. The fourth-order valence-electron chi connectivity index (χ4n) is 2.51. The molecular weight excluding hydrogens is 214 g/mol. The SMILES string of the molecule is OCCCCNC1CCCc2ccc(O)cc21. The van der Waals surface area contributed by atoms with E-state index in [9.17, 15) is 5.11 Å². The van der Waals surface area contributed by atoms with Crippen molar-refractivity contribution >= 4 is 0 Å². The normalized spacial score (nSPS) is 19.0. The Kier molecular flexibility index (Phi) is 4.40. The van der Waals surface area contributed by atoms with Gasteiger partial charge in [0.25, 0.3) is 0 Å². The van der Waals surface area contributed by atoms with Gasteiger partial charge in [0.1, 0.15) is 5.75 Å². The molecule has 1 unspecified atom stereocenters. The van der Waals surface area contributed by atoms with Gasteiger partial charge in [0, 0.05) is 12.6 Å². The molecule has 0 saturated carbocycles. The number of benzene rings is 1. The summed E-state index contributed by atoms with van der Waals surface area (Å²) >= 11 is 0. The third-order valence-electron chi connectivity index (χ3n) is 3.42. The number of rotatable bonds is 5. The maximum atomic E-state index is 9.55. The molecule has 0 radical (unpaired) electrons. The number of unbranched alkanes of at least 4 members (excludes halogenated alkanes) is 1. The van der Waals surface area contributed by atoms with E-state index in [1.165, 1.54) is 17.5 Å². The van der Waals surface area contributed by atoms with Crippen LogP contribution in [0.2, 0.25) is 0 Å². The molecule has 0 bridgehead atoms. The van der Waals surface area contributed by atoms with Gasteiger partial charge in [0.2, 0.25) is 0 Å². The molecule has 1 aromatic carbocycles. The first kappa shape index (κ1) is 12.4. The summed E-state index contributed by atoms with van der Waals surface area (Å²) in [5, 5.41) is 21.8. The van der Waals surface area contributed by atoms with Gasteiger partial charge in [0.05, 0.1) is 0 Å². The lowest BCUT2D eigenvalue weighted by Crippen LogP contribution is -2.26. The fraction of sp³-hybridized carbons (Fsp3) is 0.571. The first-order valence-corrected chi connectivity index (χ1v) is 6.47. The molecule has 0 spiro atoms. The molecule has 0 aliphatic heterocycles. The lowest BCUT2D eigenvalue weighted by Gasteiger charge is -2.26. The Balaban J connectivity index is 1.98. The zero-order valence-electron chi connectivity index (χ0n) is 10.2. The average Bonchev–Trinajstić information content (AvgIpc) is 2.35. The standard InChI is InChI=1S/C14H21NO2/c16-9-2-1-8-15-14-5-3-4-11-6-7-12(17)10-13(11)14/h6-7,10,14-17H,1-5,8-9H2. The van der Waals surface area contributed by atoms with Crippen molar-refractivity contribution in [1.82, 2.24) is 5.32 Å². The molecule has 0 aromatic heterocycles. The Labute approximate surface area is 102 Å². The van der Waals surface area contributed by atoms with Gasteiger partial charge in [-0.1, -0.05) is 6.07 Å². The van der Waals surface area contributed by atoms with Crippen LogP contribution in [0, 0.1) is 0 Å². The van der Waals surface area contributed by atoms with Gasteiger partial charge in [-0.2, -0.15) is 0 Å². The van der Waals surface area contributed by atoms with E-state index in [4.69, 9.17) is 5.11 Å². The van der Waals surface area contributed by atoms with Crippen LogP contribution in [0.4, 0.5) is 0 Å². The minimum atomic E-state index is 0.268. The van der Waals surface area contributed by atoms with E-state index in [2.05, 4.69) is 5.32 Å². The minimum absolute atomic E-state index is 0.268. The second kappa shape index (κ2) is 6.03. The van der Waals surface area contributed by atoms with E-state index in [0.717, 1.165) is 32.2 Å². The van der Waals surface area contributed by atoms with Crippen LogP contribution in [-0.2, 0) is 6.42 Å². The second-order valence-corrected chi connectivity index (χ2v) is 4.71. The largest absolute Gasteiger partial charge is 0.508 e. The summed E-state index contributed by atoms with van der Waals surface area (Å²) < 4.78 is 0. The first-order valence-electron chi connectivity index (χ1n) is 6.47. The van der Waals surface area contributed by atoms with Crippen molar-refractivity contribution in [2.24, 2.45) is 0 Å². The number of hydrogen-bond donors (Lipinski definition) is 3. The number of hydrogen-bond acceptors (Lipinski definition) is 3. The second-order valence-electron chi connectivity index (χ2n) is 4.71. The van der Waals surface area contributed by atoms with Gasteiger partial charge in [-0.05, 0) is 61.9 Å². The maximum absolute atomic E-state index is 9.55. The molecule has 0 heterocycles. The van der Waals surface area contributed by atoms with E-state index < -0.39 is 0 Å². The Morgan fingerprint density at radius 2 is 2.18 bits per heavy atom. The van der Waals surface area contributed by atoms with E-state index >= 15 is 0 Å². The third kappa shape index (κ3) is 3.20. The highest BCUT2D eigenvalue weighted by Gasteiger charge is 2.19. The Morgan fingerprint density at radius 1 is 1.29 bits per heavy atom. The summed E-state index contributed by atoms with van der Waals surface area (Å²) in [6, 6.07) is 6.06. The van der Waals surface area contributed by atoms with Crippen LogP contribution >= 0.6 is 0 Å². The summed E-state index contributed by atoms with van der Waals surface area (Å²) in [5.41, 5.74) is 2.61. The van der Waals surface area contributed by atoms with Crippen molar-refractivity contribution in [1.29, 1.82) is 0 Å². The smallest absolute Gasteiger partial charge is 0.115 e. The average molecular weight is 235 g/mol. The number of nitrogens with one attached hydrogen (secondary N) is 1. The van der Waals surface area contributed by atoms with Crippen molar-refractivity contribution in [2.45, 2.75) is 38.1 Å². The van der Waals surface area contributed by atoms with Crippen LogP contribution in [0.3, 0.4) is 0 Å². The van der Waals surface area contributed by atoms with Crippen molar-refractivity contribution in [2.75, 3.05) is 13.2 Å². The van der Waals surface area contributed by atoms with Crippen LogP contribution in [0.5, 0.6) is 5.75 Å². The number of phenols is 1. The number of aromatic hydroxyl groups is 1. The quantitative estimate of drug-likeness (QED) is 0.685. The molecule has 3 N–H and O–H groups in total. The fourth-order valence-corrected chi connectivity index (χ4v) is 2.51. The van der Waals surface area contributed by atoms with E-state index in [0.29, 0.717) is 11.8 Å². The highest BCUT2D eigenvalue weighted by molar-refractivity contribution is 5.38. The van der Waals surface area contributed by atoms with Crippen LogP contribution in [0.25, 0.3) is 0 Å². The number of aryl methyl sites for hydroxylation is 1. The summed E-state index contributed by atoms with van der Waals surface area (Å²) in [7, 11) is 0. The monoisotopic (exact) mass is 235 g/mol. The summed E-state index contributed by atoms with van der Waals surface area (Å²) in [6.45, 7) is 1.20. The molecular formula is C14H21NO2. The number of aliphatic hydroxyl groups excluding tert-OH is 1. The van der Waals surface area contributed by atoms with Crippen LogP contribution < -0.4 is 5.32 Å². The van der Waals surface area contributed by atoms with E-state index in [1.807, 2.05) is 12.1 Å². The molecule has 0 saturated heterocycles. The lowest BCUT2D eigenvalue weighted by molar-refractivity contribution is 0.282. The third-order valence-corrected chi connectivity index (χ3v) is 3.42. The van der Waals surface area contributed by atoms with E-state index in [-0.39, 0.29) is 6.61 Å². The molecule has 1 aromatic rings. The molecule has 94 valence electrons. The molecule has 1 aliphatic rings. The van der Waals surface area contributed by atoms with Crippen molar-refractivity contribution < 1.29 is 10.2 Å². The lowest BCUT2D eigenvalue weighted by atomic mass is 9.87. The molecule has 3 heteroatoms. The number of phenolic OH excluding ortho intramolecular Hbond substituents is 1. The van der Waals surface area contributed by atoms with E-state index in [1.54, 1.807) is 6.07 Å². The van der Waals surface area contributed by atoms with Crippen molar-refractivity contribution in [3.8, 4) is 5.75 Å². The molecule has 3 nitrogen and oxygen atoms in total. The number of aliphatic hydroxyl groups is 1. The molecule has 1 aliphatic carbocycles. The van der Waals surface area contributed by atoms with Crippen LogP contribution in [0.1, 0.15) is 42.9 Å². The predicted molar refractivity (Wildman–Crippen MR) is 68.1 cm³/mol. The van der Waals surface area contributed by atoms with Gasteiger partial charge in [-0.25, -0.2) is 0 Å². The Bertz CT molecular complexity index is 365. The van der Waals surface area contributed by atoms with Crippen molar-refractivity contribution in [3.05, 3.63) is 29.3 Å². The predicted octanol–water partition coefficient (Wildman–Crippen LogP) is 2.13. The zero-order valence-corrected chi connectivity index (χ0v) is 10.2. The summed E-state index contributed by atoms with van der Waals surface area (Å²) in [5.74, 6) is 0.354. The molecule has 2 rings (SSSR count). The highest BCUT2D eigenvalue weighted by Crippen LogP contribution is 2.31. The van der Waals surface area contributed by atoms with Gasteiger partial charge >= 0.3 is 0 Å². The van der Waals surface area contributed by atoms with Gasteiger partial charge < -0.3 is 15.5 Å². The zero-order chi connectivity index (χ0) is 12.1. The van der Waals surface area contributed by atoms with Crippen LogP contribution in [-0.4, -0.2) is 23.4 Å². The molecule has 17 heavy (non-hydrogen) atoms. The summed E-state index contributed by atoms with van der Waals surface area (Å²) in [4.78, 5) is 0. The highest BCUT2D eigenvalue weighted by atomic mass is 16.3. The number of fused-ring (bicyclic) bond motifs is 1. The Morgan fingerprint density at radius 3 is 3.00 bits per heavy atom. The van der Waals surface area contributed by atoms with Gasteiger partial charge in [0.15, 0.2) is 0 Å². The molecule has 1 atom stereocenters. The molecule has 0 fully saturated rings. The molecule has 0 amide bonds. The summed E-state index contributed by atoms with van der Waals surface area (Å²) in [6.07, 6.45) is 5.31. The first-order chi connectivity index (χ1) is 8.31.